The van der Waals surface area contributed by atoms with Gasteiger partial charge in [0.2, 0.25) is 11.0 Å². The summed E-state index contributed by atoms with van der Waals surface area (Å²) in [6.07, 6.45) is 1.77. The Kier molecular flexibility index (Phi) is 8.95. The fourth-order valence-corrected chi connectivity index (χ4v) is 4.51. The highest BCUT2D eigenvalue weighted by atomic mass is 32.2. The lowest BCUT2D eigenvalue weighted by atomic mass is 9.92. The minimum Gasteiger partial charge on any atom is -0.396 e. The normalized spacial score (nSPS) is 11.8. The van der Waals surface area contributed by atoms with Gasteiger partial charge in [-0.3, -0.25) is 9.59 Å². The third-order valence-electron chi connectivity index (χ3n) is 5.28. The van der Waals surface area contributed by atoms with Crippen LogP contribution in [0.1, 0.15) is 41.8 Å². The number of nitrogens with zero attached hydrogens (tertiary/aromatic N) is 2. The average molecular weight is 477 g/mol. The molecule has 3 aromatic rings. The van der Waals surface area contributed by atoms with Crippen LogP contribution in [0.15, 0.2) is 77.3 Å². The van der Waals surface area contributed by atoms with E-state index in [-0.39, 0.29) is 30.6 Å². The second kappa shape index (κ2) is 12.1. The van der Waals surface area contributed by atoms with Gasteiger partial charge in [0, 0.05) is 41.8 Å². The Hall–Kier alpha value is -3.49. The van der Waals surface area contributed by atoms with Crippen molar-refractivity contribution in [1.29, 1.82) is 0 Å². The molecule has 34 heavy (non-hydrogen) atoms. The summed E-state index contributed by atoms with van der Waals surface area (Å²) < 4.78 is 0. The smallest absolute Gasteiger partial charge is 0.247 e. The topological polar surface area (TPSA) is 118 Å². The van der Waals surface area contributed by atoms with Gasteiger partial charge in [0.05, 0.1) is 5.92 Å². The standard InChI is InChI=1S/C26H28N4O3S/c1-17(25(32)29-16-21-15-28-18(2)30-24(21)27)22(13-14-31)34-26(33)23(19-9-5-3-6-10-19)20-11-7-4-8-12-20/h3-12,15,23,31H,13-14,16H2,1-2H3,(H,29,32)(H2,27,28,30)/b22-17-. The third kappa shape index (κ3) is 6.52. The van der Waals surface area contributed by atoms with Gasteiger partial charge in [0.25, 0.3) is 0 Å². The number of hydrogen-bond acceptors (Lipinski definition) is 7. The quantitative estimate of drug-likeness (QED) is 0.403. The number of nitrogens with two attached hydrogens (primary N) is 1. The lowest BCUT2D eigenvalue weighted by Gasteiger charge is -2.18. The number of thioether (sulfide) groups is 1. The van der Waals surface area contributed by atoms with Gasteiger partial charge in [-0.1, -0.05) is 72.4 Å². The van der Waals surface area contributed by atoms with Crippen molar-refractivity contribution in [1.82, 2.24) is 15.3 Å². The van der Waals surface area contributed by atoms with E-state index in [0.717, 1.165) is 22.9 Å². The number of aryl methyl sites for hydroxylation is 1. The maximum absolute atomic E-state index is 13.5. The summed E-state index contributed by atoms with van der Waals surface area (Å²) in [4.78, 5) is 35.1. The Morgan fingerprint density at radius 1 is 1.06 bits per heavy atom. The van der Waals surface area contributed by atoms with Crippen molar-refractivity contribution in [3.63, 3.8) is 0 Å². The Labute approximate surface area is 203 Å². The SMILES string of the molecule is C/C(C(=O)NCc1cnc(C)nc1N)=C(\CCO)SC(=O)C(c1ccccc1)c1ccccc1. The molecule has 4 N–H and O–H groups in total. The lowest BCUT2D eigenvalue weighted by molar-refractivity contribution is -0.117. The van der Waals surface area contributed by atoms with Gasteiger partial charge >= 0.3 is 0 Å². The third-order valence-corrected chi connectivity index (χ3v) is 6.47. The number of carbonyl (C=O) groups excluding carboxylic acids is 2. The number of amides is 1. The highest BCUT2D eigenvalue weighted by molar-refractivity contribution is 8.17. The van der Waals surface area contributed by atoms with Gasteiger partial charge in [0.1, 0.15) is 11.6 Å². The number of benzene rings is 2. The number of rotatable bonds is 9. The van der Waals surface area contributed by atoms with Gasteiger partial charge in [-0.25, -0.2) is 9.97 Å². The summed E-state index contributed by atoms with van der Waals surface area (Å²) >= 11 is 1.00. The molecular weight excluding hydrogens is 448 g/mol. The summed E-state index contributed by atoms with van der Waals surface area (Å²) in [5.74, 6) is 0.0134. The van der Waals surface area contributed by atoms with E-state index < -0.39 is 5.92 Å². The molecule has 7 nitrogen and oxygen atoms in total. The van der Waals surface area contributed by atoms with Crippen LogP contribution in [0.5, 0.6) is 0 Å². The molecular formula is C26H28N4O3S. The average Bonchev–Trinajstić information content (AvgIpc) is 2.84. The number of aliphatic hydroxyl groups is 1. The molecule has 0 aliphatic carbocycles. The van der Waals surface area contributed by atoms with Gasteiger partial charge in [0.15, 0.2) is 0 Å². The predicted molar refractivity (Wildman–Crippen MR) is 135 cm³/mol. The Bertz CT molecular complexity index is 1130. The molecule has 0 bridgehead atoms. The second-order valence-corrected chi connectivity index (χ2v) is 8.81. The predicted octanol–water partition coefficient (Wildman–Crippen LogP) is 3.73. The molecule has 0 spiro atoms. The molecule has 0 radical (unpaired) electrons. The molecule has 0 saturated heterocycles. The first-order chi connectivity index (χ1) is 16.4. The van der Waals surface area contributed by atoms with E-state index in [2.05, 4.69) is 15.3 Å². The lowest BCUT2D eigenvalue weighted by Crippen LogP contribution is -2.25. The first-order valence-electron chi connectivity index (χ1n) is 10.9. The van der Waals surface area contributed by atoms with E-state index in [1.807, 2.05) is 60.7 Å². The highest BCUT2D eigenvalue weighted by Crippen LogP contribution is 2.35. The van der Waals surface area contributed by atoms with Crippen LogP contribution in [0.4, 0.5) is 5.82 Å². The number of aromatic nitrogens is 2. The van der Waals surface area contributed by atoms with Gasteiger partial charge in [-0.2, -0.15) is 0 Å². The Morgan fingerprint density at radius 2 is 1.65 bits per heavy atom. The molecule has 3 rings (SSSR count). The number of hydrogen-bond donors (Lipinski definition) is 3. The summed E-state index contributed by atoms with van der Waals surface area (Å²) in [5, 5.41) is 12.3. The summed E-state index contributed by atoms with van der Waals surface area (Å²) in [6.45, 7) is 3.36. The molecule has 0 aliphatic rings. The van der Waals surface area contributed by atoms with E-state index in [9.17, 15) is 14.7 Å². The molecule has 0 saturated carbocycles. The van der Waals surface area contributed by atoms with Crippen LogP contribution in [-0.2, 0) is 16.1 Å². The van der Waals surface area contributed by atoms with E-state index in [1.165, 1.54) is 0 Å². The Balaban J connectivity index is 1.82. The molecule has 2 aromatic carbocycles. The first kappa shape index (κ1) is 25.1. The summed E-state index contributed by atoms with van der Waals surface area (Å²) in [6, 6.07) is 19.1. The van der Waals surface area contributed by atoms with Crippen LogP contribution in [0.2, 0.25) is 0 Å². The number of nitrogens with one attached hydrogen (secondary N) is 1. The van der Waals surface area contributed by atoms with Crippen molar-refractivity contribution in [3.05, 3.63) is 99.9 Å². The van der Waals surface area contributed by atoms with Gasteiger partial charge in [-0.15, -0.1) is 0 Å². The summed E-state index contributed by atoms with van der Waals surface area (Å²) in [7, 11) is 0. The number of nitrogen functional groups attached to an aromatic ring is 1. The molecule has 1 amide bonds. The van der Waals surface area contributed by atoms with Crippen molar-refractivity contribution in [2.24, 2.45) is 0 Å². The minimum absolute atomic E-state index is 0.121. The van der Waals surface area contributed by atoms with E-state index in [0.29, 0.717) is 27.7 Å². The highest BCUT2D eigenvalue weighted by Gasteiger charge is 2.25. The van der Waals surface area contributed by atoms with Crippen LogP contribution in [-0.4, -0.2) is 32.7 Å². The molecule has 1 aromatic heterocycles. The largest absolute Gasteiger partial charge is 0.396 e. The van der Waals surface area contributed by atoms with E-state index in [4.69, 9.17) is 5.73 Å². The first-order valence-corrected chi connectivity index (χ1v) is 11.7. The Morgan fingerprint density at radius 3 is 2.18 bits per heavy atom. The molecule has 0 aliphatic heterocycles. The van der Waals surface area contributed by atoms with Crippen molar-refractivity contribution in [3.8, 4) is 0 Å². The van der Waals surface area contributed by atoms with Crippen LogP contribution in [0.25, 0.3) is 0 Å². The van der Waals surface area contributed by atoms with E-state index in [1.54, 1.807) is 20.0 Å². The number of aliphatic hydroxyl groups excluding tert-OH is 1. The maximum atomic E-state index is 13.5. The van der Waals surface area contributed by atoms with Crippen molar-refractivity contribution >= 4 is 28.6 Å². The molecule has 0 atom stereocenters. The van der Waals surface area contributed by atoms with Crippen LogP contribution in [0.3, 0.4) is 0 Å². The van der Waals surface area contributed by atoms with Crippen LogP contribution < -0.4 is 11.1 Å². The zero-order valence-electron chi connectivity index (χ0n) is 19.2. The number of carbonyl (C=O) groups is 2. The van der Waals surface area contributed by atoms with Gasteiger partial charge in [-0.05, 0) is 25.0 Å². The molecule has 0 fully saturated rings. The molecule has 0 unspecified atom stereocenters. The fourth-order valence-electron chi connectivity index (χ4n) is 3.44. The summed E-state index contributed by atoms with van der Waals surface area (Å²) in [5.41, 5.74) is 8.62. The maximum Gasteiger partial charge on any atom is 0.247 e. The molecule has 1 heterocycles. The van der Waals surface area contributed by atoms with Crippen LogP contribution >= 0.6 is 11.8 Å². The van der Waals surface area contributed by atoms with Crippen molar-refractivity contribution < 1.29 is 14.7 Å². The monoisotopic (exact) mass is 476 g/mol. The van der Waals surface area contributed by atoms with Crippen molar-refractivity contribution in [2.75, 3.05) is 12.3 Å². The molecule has 176 valence electrons. The minimum atomic E-state index is -0.499. The molecule has 8 heteroatoms. The number of anilines is 1. The van der Waals surface area contributed by atoms with E-state index >= 15 is 0 Å². The second-order valence-electron chi connectivity index (χ2n) is 7.71. The van der Waals surface area contributed by atoms with Gasteiger partial charge < -0.3 is 16.2 Å². The van der Waals surface area contributed by atoms with Crippen LogP contribution in [0, 0.1) is 6.92 Å². The zero-order chi connectivity index (χ0) is 24.5. The zero-order valence-corrected chi connectivity index (χ0v) is 20.0. The fraction of sp³-hybridized carbons (Fsp3) is 0.231. The van der Waals surface area contributed by atoms with Crippen molar-refractivity contribution in [2.45, 2.75) is 32.7 Å².